The summed E-state index contributed by atoms with van der Waals surface area (Å²) in [6.45, 7) is 5.68. The van der Waals surface area contributed by atoms with Gasteiger partial charge in [-0.2, -0.15) is 0 Å². The van der Waals surface area contributed by atoms with Gasteiger partial charge in [-0.3, -0.25) is 0 Å². The van der Waals surface area contributed by atoms with E-state index in [1.54, 1.807) is 13.2 Å². The molecule has 0 aromatic rings. The van der Waals surface area contributed by atoms with Crippen molar-refractivity contribution in [2.45, 2.75) is 19.8 Å². The Kier molecular flexibility index (Phi) is 4.88. The van der Waals surface area contributed by atoms with Crippen LogP contribution in [0, 0.1) is 0 Å². The zero-order valence-electron chi connectivity index (χ0n) is 6.05. The molecule has 52 valence electrons. The van der Waals surface area contributed by atoms with E-state index in [2.05, 4.69) is 23.5 Å². The van der Waals surface area contributed by atoms with E-state index in [0.29, 0.717) is 0 Å². The van der Waals surface area contributed by atoms with Gasteiger partial charge < -0.3 is 4.84 Å². The number of allylic oxidation sites excluding steroid dienone is 1. The lowest BCUT2D eigenvalue weighted by atomic mass is 10.2. The fourth-order valence-corrected chi connectivity index (χ4v) is 0.558. The van der Waals surface area contributed by atoms with Gasteiger partial charge in [0.25, 0.3) is 0 Å². The molecule has 0 aliphatic carbocycles. The van der Waals surface area contributed by atoms with Crippen LogP contribution in [-0.2, 0) is 4.84 Å². The second-order valence-electron chi connectivity index (χ2n) is 1.72. The van der Waals surface area contributed by atoms with Gasteiger partial charge in [0.15, 0.2) is 0 Å². The quantitative estimate of drug-likeness (QED) is 0.418. The summed E-state index contributed by atoms with van der Waals surface area (Å²) in [6.07, 6.45) is 3.73. The Morgan fingerprint density at radius 2 is 2.44 bits per heavy atom. The second-order valence-corrected chi connectivity index (χ2v) is 1.72. The fourth-order valence-electron chi connectivity index (χ4n) is 0.558. The van der Waals surface area contributed by atoms with Crippen LogP contribution in [0.3, 0.4) is 0 Å². The molecule has 2 nitrogen and oxygen atoms in total. The van der Waals surface area contributed by atoms with Crippen molar-refractivity contribution < 1.29 is 4.84 Å². The van der Waals surface area contributed by atoms with Crippen LogP contribution < -0.4 is 0 Å². The van der Waals surface area contributed by atoms with Crippen molar-refractivity contribution in [2.24, 2.45) is 5.16 Å². The maximum absolute atomic E-state index is 4.56. The fraction of sp³-hybridized carbons (Fsp3) is 0.571. The number of rotatable bonds is 4. The van der Waals surface area contributed by atoms with E-state index in [9.17, 15) is 0 Å². The van der Waals surface area contributed by atoms with Crippen LogP contribution in [0.4, 0.5) is 0 Å². The molecule has 0 atom stereocenters. The van der Waals surface area contributed by atoms with Crippen LogP contribution in [0.1, 0.15) is 19.8 Å². The molecular formula is C7H13NO. The predicted octanol–water partition coefficient (Wildman–Crippen LogP) is 1.97. The highest BCUT2D eigenvalue weighted by atomic mass is 16.6. The summed E-state index contributed by atoms with van der Waals surface area (Å²) in [7, 11) is 1.54. The van der Waals surface area contributed by atoms with Crippen LogP contribution in [-0.4, -0.2) is 12.8 Å². The van der Waals surface area contributed by atoms with Crippen molar-refractivity contribution in [3.05, 3.63) is 12.7 Å². The van der Waals surface area contributed by atoms with Gasteiger partial charge in [0, 0.05) is 0 Å². The molecule has 0 saturated heterocycles. The zero-order chi connectivity index (χ0) is 7.11. The van der Waals surface area contributed by atoms with Gasteiger partial charge in [0.1, 0.15) is 7.11 Å². The highest BCUT2D eigenvalue weighted by Gasteiger charge is 1.89. The molecule has 0 radical (unpaired) electrons. The highest BCUT2D eigenvalue weighted by molar-refractivity contribution is 5.93. The SMILES string of the molecule is C=C/C(CCC)=N\OC. The molecule has 0 fully saturated rings. The first kappa shape index (κ1) is 8.21. The van der Waals surface area contributed by atoms with E-state index in [-0.39, 0.29) is 0 Å². The van der Waals surface area contributed by atoms with Gasteiger partial charge >= 0.3 is 0 Å². The Morgan fingerprint density at radius 1 is 1.78 bits per heavy atom. The molecule has 0 amide bonds. The van der Waals surface area contributed by atoms with E-state index >= 15 is 0 Å². The third kappa shape index (κ3) is 3.76. The van der Waals surface area contributed by atoms with E-state index in [1.165, 1.54) is 0 Å². The molecule has 0 aliphatic heterocycles. The van der Waals surface area contributed by atoms with E-state index in [0.717, 1.165) is 18.6 Å². The molecule has 0 rings (SSSR count). The molecule has 0 aromatic carbocycles. The highest BCUT2D eigenvalue weighted by Crippen LogP contribution is 1.92. The minimum Gasteiger partial charge on any atom is -0.399 e. The molecular weight excluding hydrogens is 114 g/mol. The predicted molar refractivity (Wildman–Crippen MR) is 39.5 cm³/mol. The summed E-state index contributed by atoms with van der Waals surface area (Å²) >= 11 is 0. The normalized spacial score (nSPS) is 11.1. The summed E-state index contributed by atoms with van der Waals surface area (Å²) < 4.78 is 0. The first-order valence-corrected chi connectivity index (χ1v) is 3.07. The van der Waals surface area contributed by atoms with Gasteiger partial charge in [-0.25, -0.2) is 0 Å². The Hall–Kier alpha value is -0.790. The van der Waals surface area contributed by atoms with Gasteiger partial charge in [-0.15, -0.1) is 0 Å². The van der Waals surface area contributed by atoms with E-state index < -0.39 is 0 Å². The molecule has 0 bridgehead atoms. The monoisotopic (exact) mass is 127 g/mol. The van der Waals surface area contributed by atoms with Gasteiger partial charge in [-0.05, 0) is 12.5 Å². The van der Waals surface area contributed by atoms with Crippen molar-refractivity contribution in [3.63, 3.8) is 0 Å². The van der Waals surface area contributed by atoms with E-state index in [4.69, 9.17) is 0 Å². The molecule has 0 saturated carbocycles. The van der Waals surface area contributed by atoms with Crippen LogP contribution in [0.15, 0.2) is 17.8 Å². The van der Waals surface area contributed by atoms with Crippen LogP contribution in [0.25, 0.3) is 0 Å². The van der Waals surface area contributed by atoms with Crippen molar-refractivity contribution in [1.29, 1.82) is 0 Å². The minimum atomic E-state index is 0.917. The molecule has 9 heavy (non-hydrogen) atoms. The Bertz CT molecular complexity index is 107. The van der Waals surface area contributed by atoms with Gasteiger partial charge in [0.05, 0.1) is 5.71 Å². The molecule has 0 spiro atoms. The Balaban J connectivity index is 3.66. The topological polar surface area (TPSA) is 21.6 Å². The first-order valence-electron chi connectivity index (χ1n) is 3.07. The lowest BCUT2D eigenvalue weighted by Gasteiger charge is -1.94. The maximum atomic E-state index is 4.56. The maximum Gasteiger partial charge on any atom is 0.106 e. The largest absolute Gasteiger partial charge is 0.399 e. The number of hydrogen-bond donors (Lipinski definition) is 0. The Morgan fingerprint density at radius 3 is 2.78 bits per heavy atom. The average molecular weight is 127 g/mol. The van der Waals surface area contributed by atoms with Crippen molar-refractivity contribution >= 4 is 5.71 Å². The van der Waals surface area contributed by atoms with Crippen molar-refractivity contribution in [1.82, 2.24) is 0 Å². The summed E-state index contributed by atoms with van der Waals surface area (Å²) in [4.78, 5) is 4.56. The van der Waals surface area contributed by atoms with Gasteiger partial charge in [0.2, 0.25) is 0 Å². The summed E-state index contributed by atoms with van der Waals surface area (Å²) in [5.41, 5.74) is 0.917. The summed E-state index contributed by atoms with van der Waals surface area (Å²) in [5, 5.41) is 3.73. The van der Waals surface area contributed by atoms with Crippen LogP contribution in [0.5, 0.6) is 0 Å². The summed E-state index contributed by atoms with van der Waals surface area (Å²) in [5.74, 6) is 0. The number of hydrogen-bond acceptors (Lipinski definition) is 2. The standard InChI is InChI=1S/C7H13NO/c1-4-6-7(5-2)8-9-3/h5H,2,4,6H2,1,3H3/b8-7+. The van der Waals surface area contributed by atoms with Crippen molar-refractivity contribution in [2.75, 3.05) is 7.11 Å². The molecule has 0 unspecified atom stereocenters. The van der Waals surface area contributed by atoms with Gasteiger partial charge in [-0.1, -0.05) is 25.1 Å². The lowest BCUT2D eigenvalue weighted by molar-refractivity contribution is 0.213. The van der Waals surface area contributed by atoms with Crippen LogP contribution >= 0.6 is 0 Å². The molecule has 2 heteroatoms. The Labute approximate surface area is 56.2 Å². The molecule has 0 heterocycles. The average Bonchev–Trinajstić information content (AvgIpc) is 1.88. The van der Waals surface area contributed by atoms with Crippen LogP contribution in [0.2, 0.25) is 0 Å². The molecule has 0 aromatic heterocycles. The lowest BCUT2D eigenvalue weighted by Crippen LogP contribution is -1.91. The minimum absolute atomic E-state index is 0.917. The van der Waals surface area contributed by atoms with E-state index in [1.807, 2.05) is 0 Å². The third-order valence-electron chi connectivity index (χ3n) is 0.950. The first-order chi connectivity index (χ1) is 4.35. The zero-order valence-corrected chi connectivity index (χ0v) is 6.05. The number of nitrogens with zero attached hydrogens (tertiary/aromatic N) is 1. The molecule has 0 N–H and O–H groups in total. The smallest absolute Gasteiger partial charge is 0.106 e. The molecule has 0 aliphatic rings. The summed E-state index contributed by atoms with van der Waals surface area (Å²) in [6, 6.07) is 0. The van der Waals surface area contributed by atoms with Crippen molar-refractivity contribution in [3.8, 4) is 0 Å². The third-order valence-corrected chi connectivity index (χ3v) is 0.950. The second kappa shape index (κ2) is 5.35. The number of oxime groups is 1.